The van der Waals surface area contributed by atoms with E-state index in [0.29, 0.717) is 6.61 Å². The second-order valence-electron chi connectivity index (χ2n) is 3.23. The predicted octanol–water partition coefficient (Wildman–Crippen LogP) is 0.388. The van der Waals surface area contributed by atoms with E-state index >= 15 is 0 Å². The summed E-state index contributed by atoms with van der Waals surface area (Å²) in [7, 11) is 0. The van der Waals surface area contributed by atoms with Crippen LogP contribution in [0.15, 0.2) is 30.3 Å². The van der Waals surface area contributed by atoms with Crippen LogP contribution in [0.3, 0.4) is 0 Å². The van der Waals surface area contributed by atoms with Gasteiger partial charge in [-0.15, -0.1) is 0 Å². The van der Waals surface area contributed by atoms with E-state index in [2.05, 4.69) is 16.0 Å². The van der Waals surface area contributed by atoms with Gasteiger partial charge in [0.2, 0.25) is 0 Å². The van der Waals surface area contributed by atoms with Crippen LogP contribution in [0.5, 0.6) is 0 Å². The fraction of sp³-hybridized carbons (Fsp3) is 0.400. The van der Waals surface area contributed by atoms with Crippen LogP contribution in [0.2, 0.25) is 0 Å². The molecule has 1 aromatic carbocycles. The fourth-order valence-corrected chi connectivity index (χ4v) is 2.21. The van der Waals surface area contributed by atoms with Crippen LogP contribution in [-0.4, -0.2) is 38.8 Å². The fourth-order valence-electron chi connectivity index (χ4n) is 1.59. The van der Waals surface area contributed by atoms with Gasteiger partial charge in [0.25, 0.3) is 0 Å². The summed E-state index contributed by atoms with van der Waals surface area (Å²) in [4.78, 5) is 0. The molecule has 13 heavy (non-hydrogen) atoms. The van der Waals surface area contributed by atoms with Crippen molar-refractivity contribution in [3.63, 3.8) is 0 Å². The van der Waals surface area contributed by atoms with Crippen molar-refractivity contribution in [3.05, 3.63) is 35.9 Å². The molecule has 1 aliphatic heterocycles. The maximum atomic E-state index is 9.77. The molecule has 0 radical (unpaired) electrons. The van der Waals surface area contributed by atoms with Gasteiger partial charge >= 0.3 is 85.4 Å². The van der Waals surface area contributed by atoms with E-state index in [-0.39, 0.29) is 17.0 Å². The second kappa shape index (κ2) is 3.80. The number of hydrogen-bond donors (Lipinski definition) is 1. The Balaban J connectivity index is 2.19. The Morgan fingerprint density at radius 2 is 2.00 bits per heavy atom. The third-order valence-electron chi connectivity index (χ3n) is 2.38. The summed E-state index contributed by atoms with van der Waals surface area (Å²) in [6.07, 6.45) is -0.387. The van der Waals surface area contributed by atoms with Crippen LogP contribution in [0.1, 0.15) is 11.5 Å². The molecule has 0 aromatic heterocycles. The van der Waals surface area contributed by atoms with Crippen LogP contribution in [0.25, 0.3) is 0 Å². The molecule has 1 heterocycles. The number of aliphatic hydroxyl groups excluding tert-OH is 1. The molecule has 0 aliphatic carbocycles. The Kier molecular flexibility index (Phi) is 2.70. The van der Waals surface area contributed by atoms with E-state index in [1.54, 1.807) is 0 Å². The molecule has 0 spiro atoms. The van der Waals surface area contributed by atoms with Gasteiger partial charge in [0, 0.05) is 0 Å². The molecule has 0 bridgehead atoms. The number of benzene rings is 1. The van der Waals surface area contributed by atoms with Gasteiger partial charge < -0.3 is 0 Å². The van der Waals surface area contributed by atoms with Gasteiger partial charge in [0.05, 0.1) is 0 Å². The average molecular weight is 243 g/mol. The van der Waals surface area contributed by atoms with Gasteiger partial charge in [-0.2, -0.15) is 0 Å². The van der Waals surface area contributed by atoms with E-state index in [1.807, 2.05) is 30.3 Å². The molecule has 2 nitrogen and oxygen atoms in total. The molecule has 2 rings (SSSR count). The SMILES string of the molecule is OC1C([SeH])OCC1c1ccccc1. The van der Waals surface area contributed by atoms with Crippen molar-refractivity contribution >= 4 is 16.0 Å². The first-order valence-electron chi connectivity index (χ1n) is 4.32. The Morgan fingerprint density at radius 3 is 2.54 bits per heavy atom. The van der Waals surface area contributed by atoms with Gasteiger partial charge in [-0.1, -0.05) is 0 Å². The third kappa shape index (κ3) is 1.79. The molecular weight excluding hydrogens is 231 g/mol. The zero-order valence-corrected chi connectivity index (χ0v) is 9.01. The summed E-state index contributed by atoms with van der Waals surface area (Å²) >= 11 is 2.36. The summed E-state index contributed by atoms with van der Waals surface area (Å²) in [6.45, 7) is 0.616. The first-order valence-corrected chi connectivity index (χ1v) is 5.40. The van der Waals surface area contributed by atoms with Crippen LogP contribution in [0, 0.1) is 0 Å². The molecular formula is C10H12O2Se. The van der Waals surface area contributed by atoms with E-state index in [9.17, 15) is 5.11 Å². The molecule has 0 amide bonds. The Hall–Kier alpha value is -0.341. The van der Waals surface area contributed by atoms with Gasteiger partial charge in [0.1, 0.15) is 0 Å². The summed E-state index contributed by atoms with van der Waals surface area (Å²) in [5.41, 5.74) is 1.16. The van der Waals surface area contributed by atoms with Crippen molar-refractivity contribution in [1.29, 1.82) is 0 Å². The maximum absolute atomic E-state index is 9.77. The molecule has 0 saturated carbocycles. The Bertz CT molecular complexity index is 276. The first-order chi connectivity index (χ1) is 6.29. The van der Waals surface area contributed by atoms with Crippen LogP contribution in [-0.2, 0) is 4.74 Å². The third-order valence-corrected chi connectivity index (χ3v) is 3.33. The van der Waals surface area contributed by atoms with Crippen molar-refractivity contribution in [1.82, 2.24) is 0 Å². The van der Waals surface area contributed by atoms with Crippen molar-refractivity contribution in [3.8, 4) is 0 Å². The average Bonchev–Trinajstić information content (AvgIpc) is 2.49. The predicted molar refractivity (Wildman–Crippen MR) is 52.1 cm³/mol. The van der Waals surface area contributed by atoms with Crippen molar-refractivity contribution in [2.45, 2.75) is 17.0 Å². The van der Waals surface area contributed by atoms with Crippen molar-refractivity contribution in [2.24, 2.45) is 0 Å². The molecule has 3 atom stereocenters. The number of ether oxygens (including phenoxy) is 1. The quantitative estimate of drug-likeness (QED) is 0.723. The number of rotatable bonds is 1. The van der Waals surface area contributed by atoms with E-state index in [1.165, 1.54) is 0 Å². The molecule has 1 saturated heterocycles. The van der Waals surface area contributed by atoms with E-state index in [4.69, 9.17) is 4.74 Å². The van der Waals surface area contributed by atoms with E-state index in [0.717, 1.165) is 5.56 Å². The minimum atomic E-state index is -0.387. The van der Waals surface area contributed by atoms with Crippen molar-refractivity contribution in [2.75, 3.05) is 6.61 Å². The Labute approximate surface area is 85.7 Å². The summed E-state index contributed by atoms with van der Waals surface area (Å²) in [6, 6.07) is 10.0. The normalized spacial score (nSPS) is 33.5. The zero-order chi connectivity index (χ0) is 9.26. The van der Waals surface area contributed by atoms with Crippen LogP contribution >= 0.6 is 0 Å². The molecule has 1 fully saturated rings. The molecule has 3 heteroatoms. The molecule has 1 aliphatic rings. The van der Waals surface area contributed by atoms with Crippen molar-refractivity contribution < 1.29 is 9.84 Å². The zero-order valence-electron chi connectivity index (χ0n) is 7.13. The number of aliphatic hydroxyl groups is 1. The molecule has 70 valence electrons. The summed E-state index contributed by atoms with van der Waals surface area (Å²) in [5.74, 6) is 0.134. The first kappa shape index (κ1) is 9.22. The Morgan fingerprint density at radius 1 is 1.31 bits per heavy atom. The second-order valence-corrected chi connectivity index (χ2v) is 4.30. The standard InChI is InChI=1S/C10H12O2Se/c11-9-8(6-12-10(9)13)7-4-2-1-3-5-7/h1-5,8-11,13H,6H2. The summed E-state index contributed by atoms with van der Waals surface area (Å²) < 4.78 is 5.35. The van der Waals surface area contributed by atoms with Crippen LogP contribution < -0.4 is 0 Å². The van der Waals surface area contributed by atoms with Gasteiger partial charge in [0.15, 0.2) is 0 Å². The topological polar surface area (TPSA) is 29.5 Å². The van der Waals surface area contributed by atoms with E-state index < -0.39 is 0 Å². The molecule has 3 unspecified atom stereocenters. The molecule has 1 aromatic rings. The minimum absolute atomic E-state index is 0.0993. The summed E-state index contributed by atoms with van der Waals surface area (Å²) in [5, 5.41) is 9.67. The van der Waals surface area contributed by atoms with Gasteiger partial charge in [-0.25, -0.2) is 0 Å². The van der Waals surface area contributed by atoms with Gasteiger partial charge in [-0.05, 0) is 0 Å². The van der Waals surface area contributed by atoms with Gasteiger partial charge in [-0.3, -0.25) is 0 Å². The molecule has 1 N–H and O–H groups in total. The van der Waals surface area contributed by atoms with Crippen LogP contribution in [0.4, 0.5) is 0 Å². The number of hydrogen-bond acceptors (Lipinski definition) is 2. The monoisotopic (exact) mass is 244 g/mol.